The van der Waals surface area contributed by atoms with Gasteiger partial charge >= 0.3 is 12.0 Å². The summed E-state index contributed by atoms with van der Waals surface area (Å²) in [4.78, 5) is 32.1. The molecule has 0 aliphatic carbocycles. The van der Waals surface area contributed by atoms with E-state index in [2.05, 4.69) is 16.8 Å². The Morgan fingerprint density at radius 2 is 1.62 bits per heavy atom. The van der Waals surface area contributed by atoms with Crippen LogP contribution < -0.4 is 22.5 Å². The van der Waals surface area contributed by atoms with Crippen molar-refractivity contribution >= 4 is 17.9 Å². The monoisotopic (exact) mass is 338 g/mol. The lowest BCUT2D eigenvalue weighted by Crippen LogP contribution is -2.49. The summed E-state index contributed by atoms with van der Waals surface area (Å²) in [7, 11) is 0. The Bertz CT molecular complexity index is 530. The summed E-state index contributed by atoms with van der Waals surface area (Å²) in [6.07, 6.45) is 0.778. The molecule has 0 bridgehead atoms. The first kappa shape index (κ1) is 21.4. The number of carboxylic acids is 1. The van der Waals surface area contributed by atoms with E-state index in [9.17, 15) is 14.7 Å². The molecule has 0 aromatic heterocycles. The van der Waals surface area contributed by atoms with Gasteiger partial charge in [0.05, 0.1) is 6.04 Å². The van der Waals surface area contributed by atoms with Gasteiger partial charge in [-0.3, -0.25) is 4.79 Å². The SMILES string of the molecule is CC(C)CC(N)C(=O)NC(Cc1ccccc1)C(=O)O.NC(N)=O. The molecule has 0 aliphatic heterocycles. The third kappa shape index (κ3) is 10.2. The summed E-state index contributed by atoms with van der Waals surface area (Å²) in [5, 5.41) is 11.7. The van der Waals surface area contributed by atoms with Crippen LogP contribution in [0.4, 0.5) is 4.79 Å². The fourth-order valence-electron chi connectivity index (χ4n) is 1.94. The van der Waals surface area contributed by atoms with Crippen LogP contribution in [0.5, 0.6) is 0 Å². The number of hydrogen-bond donors (Lipinski definition) is 5. The summed E-state index contributed by atoms with van der Waals surface area (Å²) < 4.78 is 0. The predicted molar refractivity (Wildman–Crippen MR) is 90.9 cm³/mol. The summed E-state index contributed by atoms with van der Waals surface area (Å²) >= 11 is 0. The van der Waals surface area contributed by atoms with Crippen LogP contribution in [-0.2, 0) is 16.0 Å². The summed E-state index contributed by atoms with van der Waals surface area (Å²) in [5.74, 6) is -1.19. The van der Waals surface area contributed by atoms with Gasteiger partial charge in [0.15, 0.2) is 0 Å². The van der Waals surface area contributed by atoms with Gasteiger partial charge in [-0.25, -0.2) is 9.59 Å². The van der Waals surface area contributed by atoms with Gasteiger partial charge in [-0.1, -0.05) is 44.2 Å². The molecule has 1 aromatic carbocycles. The summed E-state index contributed by atoms with van der Waals surface area (Å²) in [5.41, 5.74) is 15.1. The molecule has 24 heavy (non-hydrogen) atoms. The fraction of sp³-hybridized carbons (Fsp3) is 0.438. The van der Waals surface area contributed by atoms with Crippen molar-refractivity contribution in [1.29, 1.82) is 0 Å². The molecular weight excluding hydrogens is 312 g/mol. The Morgan fingerprint density at radius 3 is 2.04 bits per heavy atom. The van der Waals surface area contributed by atoms with Gasteiger partial charge in [0.25, 0.3) is 0 Å². The standard InChI is InChI=1S/C15H22N2O3.CH4N2O/c1-10(2)8-12(16)14(18)17-13(15(19)20)9-11-6-4-3-5-7-11;2-1(3)4/h3-7,10,12-13H,8-9,16H2,1-2H3,(H,17,18)(H,19,20);(H4,2,3,4). The van der Waals surface area contributed by atoms with Gasteiger partial charge in [0, 0.05) is 6.42 Å². The first-order chi connectivity index (χ1) is 11.1. The molecule has 0 radical (unpaired) electrons. The lowest BCUT2D eigenvalue weighted by atomic mass is 10.0. The number of primary amides is 2. The Balaban J connectivity index is 0.00000118. The van der Waals surface area contributed by atoms with Crippen LogP contribution in [0.1, 0.15) is 25.8 Å². The van der Waals surface area contributed by atoms with E-state index in [1.54, 1.807) is 0 Å². The molecule has 1 aromatic rings. The Kier molecular flexibility index (Phi) is 9.81. The molecule has 0 spiro atoms. The maximum atomic E-state index is 11.9. The third-order valence-corrected chi connectivity index (χ3v) is 2.96. The highest BCUT2D eigenvalue weighted by Crippen LogP contribution is 2.06. The van der Waals surface area contributed by atoms with E-state index < -0.39 is 30.0 Å². The predicted octanol–water partition coefficient (Wildman–Crippen LogP) is 0.196. The molecular formula is C16H26N4O4. The van der Waals surface area contributed by atoms with Gasteiger partial charge in [-0.15, -0.1) is 0 Å². The average molecular weight is 338 g/mol. The maximum Gasteiger partial charge on any atom is 0.326 e. The Labute approximate surface area is 141 Å². The number of amides is 3. The van der Waals surface area contributed by atoms with Gasteiger partial charge in [0.1, 0.15) is 6.04 Å². The molecule has 8 nitrogen and oxygen atoms in total. The normalized spacial score (nSPS) is 12.5. The fourth-order valence-corrected chi connectivity index (χ4v) is 1.94. The Hall–Kier alpha value is -2.61. The van der Waals surface area contributed by atoms with Crippen molar-refractivity contribution in [1.82, 2.24) is 5.32 Å². The first-order valence-corrected chi connectivity index (χ1v) is 7.51. The van der Waals surface area contributed by atoms with Crippen LogP contribution in [0, 0.1) is 5.92 Å². The van der Waals surface area contributed by atoms with Gasteiger partial charge in [-0.2, -0.15) is 0 Å². The van der Waals surface area contributed by atoms with Crippen LogP contribution >= 0.6 is 0 Å². The number of carboxylic acid groups (broad SMARTS) is 1. The van der Waals surface area contributed by atoms with Crippen LogP contribution in [0.25, 0.3) is 0 Å². The van der Waals surface area contributed by atoms with E-state index in [0.29, 0.717) is 6.42 Å². The molecule has 134 valence electrons. The van der Waals surface area contributed by atoms with E-state index in [0.717, 1.165) is 5.56 Å². The quantitative estimate of drug-likeness (QED) is 0.479. The second-order valence-electron chi connectivity index (χ2n) is 5.73. The van der Waals surface area contributed by atoms with Crippen LogP contribution in [0.15, 0.2) is 30.3 Å². The highest BCUT2D eigenvalue weighted by atomic mass is 16.4. The number of urea groups is 1. The minimum atomic E-state index is -1.06. The van der Waals surface area contributed by atoms with Crippen LogP contribution in [-0.4, -0.2) is 35.1 Å². The van der Waals surface area contributed by atoms with Crippen molar-refractivity contribution in [3.05, 3.63) is 35.9 Å². The van der Waals surface area contributed by atoms with Crippen molar-refractivity contribution < 1.29 is 19.5 Å². The molecule has 3 amide bonds. The molecule has 0 saturated heterocycles. The van der Waals surface area contributed by atoms with Crippen molar-refractivity contribution in [2.45, 2.75) is 38.8 Å². The number of nitrogens with two attached hydrogens (primary N) is 3. The first-order valence-electron chi connectivity index (χ1n) is 7.51. The second-order valence-corrected chi connectivity index (χ2v) is 5.73. The zero-order chi connectivity index (χ0) is 18.7. The van der Waals surface area contributed by atoms with E-state index in [4.69, 9.17) is 10.5 Å². The summed E-state index contributed by atoms with van der Waals surface area (Å²) in [6, 6.07) is 6.72. The number of nitrogens with one attached hydrogen (secondary N) is 1. The van der Waals surface area contributed by atoms with Crippen molar-refractivity contribution in [3.8, 4) is 0 Å². The number of rotatable bonds is 7. The molecule has 0 fully saturated rings. The van der Waals surface area contributed by atoms with Crippen molar-refractivity contribution in [2.75, 3.05) is 0 Å². The topological polar surface area (TPSA) is 162 Å². The molecule has 8 N–H and O–H groups in total. The zero-order valence-corrected chi connectivity index (χ0v) is 13.9. The highest BCUT2D eigenvalue weighted by Gasteiger charge is 2.23. The molecule has 0 saturated carbocycles. The lowest BCUT2D eigenvalue weighted by molar-refractivity contribution is -0.142. The largest absolute Gasteiger partial charge is 0.480 e. The number of carbonyl (C=O) groups is 3. The molecule has 2 unspecified atom stereocenters. The minimum absolute atomic E-state index is 0.246. The molecule has 2 atom stereocenters. The highest BCUT2D eigenvalue weighted by molar-refractivity contribution is 5.86. The van der Waals surface area contributed by atoms with E-state index in [1.807, 2.05) is 44.2 Å². The maximum absolute atomic E-state index is 11.9. The zero-order valence-electron chi connectivity index (χ0n) is 13.9. The molecule has 8 heteroatoms. The third-order valence-electron chi connectivity index (χ3n) is 2.96. The molecule has 0 heterocycles. The van der Waals surface area contributed by atoms with Crippen LogP contribution in [0.3, 0.4) is 0 Å². The summed E-state index contributed by atoms with van der Waals surface area (Å²) in [6.45, 7) is 3.93. The number of hydrogen-bond acceptors (Lipinski definition) is 4. The number of carbonyl (C=O) groups excluding carboxylic acids is 2. The second kappa shape index (κ2) is 11.0. The van der Waals surface area contributed by atoms with Crippen LogP contribution in [0.2, 0.25) is 0 Å². The smallest absolute Gasteiger partial charge is 0.326 e. The van der Waals surface area contributed by atoms with Crippen molar-refractivity contribution in [3.63, 3.8) is 0 Å². The van der Waals surface area contributed by atoms with E-state index >= 15 is 0 Å². The minimum Gasteiger partial charge on any atom is -0.480 e. The lowest BCUT2D eigenvalue weighted by Gasteiger charge is -2.19. The van der Waals surface area contributed by atoms with Gasteiger partial charge in [-0.05, 0) is 17.9 Å². The van der Waals surface area contributed by atoms with E-state index in [-0.39, 0.29) is 12.3 Å². The van der Waals surface area contributed by atoms with Crippen molar-refractivity contribution in [2.24, 2.45) is 23.1 Å². The molecule has 0 aliphatic rings. The Morgan fingerprint density at radius 1 is 1.12 bits per heavy atom. The molecule has 1 rings (SSSR count). The number of benzene rings is 1. The van der Waals surface area contributed by atoms with Gasteiger partial charge < -0.3 is 27.6 Å². The average Bonchev–Trinajstić information content (AvgIpc) is 2.46. The van der Waals surface area contributed by atoms with E-state index in [1.165, 1.54) is 0 Å². The van der Waals surface area contributed by atoms with Gasteiger partial charge in [0.2, 0.25) is 5.91 Å². The number of aliphatic carboxylic acids is 1.